The number of hydrogen-bond acceptors (Lipinski definition) is 4. The topological polar surface area (TPSA) is 105 Å². The molecule has 0 aromatic heterocycles. The van der Waals surface area contributed by atoms with Crippen LogP contribution in [-0.2, 0) is 4.79 Å². The lowest BCUT2D eigenvalue weighted by molar-refractivity contribution is -0.384. The Balaban J connectivity index is 2.03. The van der Waals surface area contributed by atoms with E-state index in [1.54, 1.807) is 0 Å². The molecule has 9 heteroatoms. The molecule has 0 spiro atoms. The van der Waals surface area contributed by atoms with E-state index in [1.807, 2.05) is 0 Å². The van der Waals surface area contributed by atoms with Gasteiger partial charge in [0.2, 0.25) is 5.91 Å². The van der Waals surface area contributed by atoms with Gasteiger partial charge in [-0.25, -0.2) is 9.18 Å². The van der Waals surface area contributed by atoms with Crippen LogP contribution in [0.2, 0.25) is 0 Å². The first-order valence-corrected chi connectivity index (χ1v) is 9.76. The van der Waals surface area contributed by atoms with Crippen LogP contribution >= 0.6 is 0 Å². The van der Waals surface area contributed by atoms with Crippen molar-refractivity contribution in [3.63, 3.8) is 0 Å². The van der Waals surface area contributed by atoms with Crippen LogP contribution in [0.1, 0.15) is 32.6 Å². The molecule has 0 heterocycles. The fourth-order valence-corrected chi connectivity index (χ4v) is 2.76. The largest absolute Gasteiger partial charge is 0.354 e. The Bertz CT molecular complexity index is 856. The zero-order valence-electron chi connectivity index (χ0n) is 16.8. The number of amides is 3. The minimum atomic E-state index is -0.528. The molecule has 2 rings (SSSR count). The molecule has 0 aliphatic rings. The van der Waals surface area contributed by atoms with Gasteiger partial charge in [0.05, 0.1) is 4.92 Å². The van der Waals surface area contributed by atoms with Crippen molar-refractivity contribution in [2.45, 2.75) is 32.6 Å². The van der Waals surface area contributed by atoms with E-state index < -0.39 is 16.8 Å². The number of benzene rings is 2. The van der Waals surface area contributed by atoms with Crippen molar-refractivity contribution < 1.29 is 18.9 Å². The number of anilines is 2. The van der Waals surface area contributed by atoms with Crippen LogP contribution in [0.15, 0.2) is 48.5 Å². The third kappa shape index (κ3) is 7.16. The fourth-order valence-electron chi connectivity index (χ4n) is 2.76. The van der Waals surface area contributed by atoms with Gasteiger partial charge in [-0.1, -0.05) is 19.8 Å². The Morgan fingerprint density at radius 3 is 2.33 bits per heavy atom. The predicted molar refractivity (Wildman–Crippen MR) is 113 cm³/mol. The zero-order valence-corrected chi connectivity index (χ0v) is 16.8. The van der Waals surface area contributed by atoms with Gasteiger partial charge in [0.15, 0.2) is 0 Å². The third-order valence-corrected chi connectivity index (χ3v) is 4.38. The Morgan fingerprint density at radius 1 is 1.07 bits per heavy atom. The van der Waals surface area contributed by atoms with Crippen LogP contribution in [-0.4, -0.2) is 30.0 Å². The molecule has 2 aromatic carbocycles. The van der Waals surface area contributed by atoms with Crippen molar-refractivity contribution in [3.8, 4) is 0 Å². The quantitative estimate of drug-likeness (QED) is 0.339. The molecule has 0 fully saturated rings. The summed E-state index contributed by atoms with van der Waals surface area (Å²) in [4.78, 5) is 36.3. The maximum absolute atomic E-state index is 13.3. The summed E-state index contributed by atoms with van der Waals surface area (Å²) in [6, 6.07) is 10.3. The molecule has 0 unspecified atom stereocenters. The molecule has 3 amide bonds. The molecular formula is C21H25FN4O4. The fraction of sp³-hybridized carbons (Fsp3) is 0.333. The Kier molecular flexibility index (Phi) is 8.74. The molecule has 8 nitrogen and oxygen atoms in total. The summed E-state index contributed by atoms with van der Waals surface area (Å²) in [7, 11) is 0. The normalized spacial score (nSPS) is 10.3. The van der Waals surface area contributed by atoms with Crippen LogP contribution in [0.5, 0.6) is 0 Å². The van der Waals surface area contributed by atoms with Gasteiger partial charge in [0.25, 0.3) is 5.69 Å². The molecule has 160 valence electrons. The highest BCUT2D eigenvalue weighted by molar-refractivity contribution is 6.01. The van der Waals surface area contributed by atoms with E-state index in [2.05, 4.69) is 17.6 Å². The van der Waals surface area contributed by atoms with Crippen molar-refractivity contribution >= 4 is 29.0 Å². The predicted octanol–water partition coefficient (Wildman–Crippen LogP) is 4.47. The molecular weight excluding hydrogens is 391 g/mol. The lowest BCUT2D eigenvalue weighted by Crippen LogP contribution is -2.41. The van der Waals surface area contributed by atoms with Gasteiger partial charge < -0.3 is 10.6 Å². The highest BCUT2D eigenvalue weighted by Crippen LogP contribution is 2.19. The summed E-state index contributed by atoms with van der Waals surface area (Å²) in [5.41, 5.74) is 0.742. The molecule has 0 saturated carbocycles. The Labute approximate surface area is 174 Å². The van der Waals surface area contributed by atoms with Crippen LogP contribution in [0.25, 0.3) is 0 Å². The van der Waals surface area contributed by atoms with E-state index in [-0.39, 0.29) is 24.7 Å². The van der Waals surface area contributed by atoms with Crippen molar-refractivity contribution in [1.29, 1.82) is 0 Å². The van der Waals surface area contributed by atoms with Crippen LogP contribution < -0.4 is 15.5 Å². The van der Waals surface area contributed by atoms with E-state index in [4.69, 9.17) is 0 Å². The first kappa shape index (κ1) is 22.8. The van der Waals surface area contributed by atoms with Crippen LogP contribution in [0, 0.1) is 15.9 Å². The van der Waals surface area contributed by atoms with E-state index in [1.165, 1.54) is 53.4 Å². The maximum atomic E-state index is 13.3. The minimum Gasteiger partial charge on any atom is -0.354 e. The van der Waals surface area contributed by atoms with Gasteiger partial charge in [-0.15, -0.1) is 0 Å². The van der Waals surface area contributed by atoms with Crippen molar-refractivity contribution in [2.24, 2.45) is 0 Å². The molecule has 0 aliphatic carbocycles. The third-order valence-electron chi connectivity index (χ3n) is 4.38. The van der Waals surface area contributed by atoms with E-state index >= 15 is 0 Å². The molecule has 30 heavy (non-hydrogen) atoms. The Hall–Kier alpha value is -3.49. The average molecular weight is 416 g/mol. The van der Waals surface area contributed by atoms with Gasteiger partial charge in [-0.2, -0.15) is 0 Å². The van der Waals surface area contributed by atoms with Crippen molar-refractivity contribution in [3.05, 3.63) is 64.5 Å². The van der Waals surface area contributed by atoms with Crippen molar-refractivity contribution in [2.75, 3.05) is 23.3 Å². The standard InChI is InChI=1S/C21H25FN4O4/c1-2-3-4-5-20(27)23-14-15-25(18-10-6-16(22)7-11-18)21(28)24-17-8-12-19(13-9-17)26(29)30/h6-13H,2-5,14-15H2,1H3,(H,23,27)(H,24,28). The second-order valence-corrected chi connectivity index (χ2v) is 6.67. The number of carbonyl (C=O) groups is 2. The summed E-state index contributed by atoms with van der Waals surface area (Å²) < 4.78 is 13.3. The van der Waals surface area contributed by atoms with E-state index in [9.17, 15) is 24.1 Å². The van der Waals surface area contributed by atoms with Gasteiger partial charge >= 0.3 is 6.03 Å². The van der Waals surface area contributed by atoms with E-state index in [0.29, 0.717) is 17.8 Å². The first-order chi connectivity index (χ1) is 14.4. The number of nitro benzene ring substituents is 1. The number of rotatable bonds is 10. The molecule has 0 radical (unpaired) electrons. The van der Waals surface area contributed by atoms with Crippen LogP contribution in [0.4, 0.5) is 26.2 Å². The molecule has 0 saturated heterocycles. The molecule has 0 atom stereocenters. The monoisotopic (exact) mass is 416 g/mol. The second-order valence-electron chi connectivity index (χ2n) is 6.67. The number of non-ortho nitro benzene ring substituents is 1. The number of hydrogen-bond donors (Lipinski definition) is 2. The maximum Gasteiger partial charge on any atom is 0.326 e. The molecule has 2 aromatic rings. The summed E-state index contributed by atoms with van der Waals surface area (Å²) in [6.45, 7) is 2.46. The second kappa shape index (κ2) is 11.5. The zero-order chi connectivity index (χ0) is 21.9. The van der Waals surface area contributed by atoms with E-state index in [0.717, 1.165) is 19.3 Å². The number of nitro groups is 1. The van der Waals surface area contributed by atoms with Gasteiger partial charge in [0.1, 0.15) is 5.82 Å². The minimum absolute atomic E-state index is 0.0849. The lowest BCUT2D eigenvalue weighted by Gasteiger charge is -2.23. The number of carbonyl (C=O) groups excluding carboxylic acids is 2. The highest BCUT2D eigenvalue weighted by Gasteiger charge is 2.17. The Morgan fingerprint density at radius 2 is 1.73 bits per heavy atom. The molecule has 2 N–H and O–H groups in total. The molecule has 0 aliphatic heterocycles. The molecule has 0 bridgehead atoms. The summed E-state index contributed by atoms with van der Waals surface area (Å²) in [5.74, 6) is -0.517. The smallest absolute Gasteiger partial charge is 0.326 e. The highest BCUT2D eigenvalue weighted by atomic mass is 19.1. The van der Waals surface area contributed by atoms with Gasteiger partial charge in [-0.3, -0.25) is 19.8 Å². The summed E-state index contributed by atoms with van der Waals surface area (Å²) in [5, 5.41) is 16.2. The summed E-state index contributed by atoms with van der Waals surface area (Å²) >= 11 is 0. The number of halogens is 1. The number of nitrogens with one attached hydrogen (secondary N) is 2. The SMILES string of the molecule is CCCCCC(=O)NCCN(C(=O)Nc1ccc([N+](=O)[O-])cc1)c1ccc(F)cc1. The lowest BCUT2D eigenvalue weighted by atomic mass is 10.2. The van der Waals surface area contributed by atoms with Crippen molar-refractivity contribution in [1.82, 2.24) is 5.32 Å². The van der Waals surface area contributed by atoms with Gasteiger partial charge in [-0.05, 0) is 42.8 Å². The average Bonchev–Trinajstić information content (AvgIpc) is 2.72. The van der Waals surface area contributed by atoms with Crippen LogP contribution in [0.3, 0.4) is 0 Å². The number of unbranched alkanes of at least 4 members (excludes halogenated alkanes) is 2. The number of urea groups is 1. The number of nitrogens with zero attached hydrogens (tertiary/aromatic N) is 2. The summed E-state index contributed by atoms with van der Waals surface area (Å²) in [6.07, 6.45) is 3.24. The van der Waals surface area contributed by atoms with Gasteiger partial charge in [0, 0.05) is 43.0 Å². The first-order valence-electron chi connectivity index (χ1n) is 9.76.